The standard InChI is InChI=1S/C16H22N2O2.ClH/c17-15(11-4-5-11)10-18-16(19)12-6-8-14(9-7-12)20-13-2-1-3-13;/h6-9,11,13,15H,1-5,10,17H2,(H,18,19);1H. The minimum absolute atomic E-state index is 0. The number of carbonyl (C=O) groups is 1. The van der Waals surface area contributed by atoms with Crippen molar-refractivity contribution in [2.24, 2.45) is 11.7 Å². The van der Waals surface area contributed by atoms with E-state index < -0.39 is 0 Å². The molecule has 3 N–H and O–H groups in total. The fourth-order valence-electron chi connectivity index (χ4n) is 2.37. The summed E-state index contributed by atoms with van der Waals surface area (Å²) in [4.78, 5) is 12.0. The Morgan fingerprint density at radius 2 is 1.90 bits per heavy atom. The van der Waals surface area contributed by atoms with E-state index in [0.29, 0.717) is 24.1 Å². The molecule has 0 radical (unpaired) electrons. The van der Waals surface area contributed by atoms with Gasteiger partial charge in [-0.25, -0.2) is 0 Å². The Kier molecular flexibility index (Phi) is 5.48. The molecule has 1 unspecified atom stereocenters. The summed E-state index contributed by atoms with van der Waals surface area (Å²) in [7, 11) is 0. The molecule has 0 saturated heterocycles. The summed E-state index contributed by atoms with van der Waals surface area (Å²) in [5, 5.41) is 2.90. The largest absolute Gasteiger partial charge is 0.490 e. The molecular formula is C16H23ClN2O2. The Hall–Kier alpha value is -1.26. The number of rotatable bonds is 6. The molecule has 0 aromatic heterocycles. The first-order valence-electron chi connectivity index (χ1n) is 7.53. The van der Waals surface area contributed by atoms with Gasteiger partial charge in [-0.3, -0.25) is 4.79 Å². The van der Waals surface area contributed by atoms with Crippen LogP contribution in [0.4, 0.5) is 0 Å². The van der Waals surface area contributed by atoms with Crippen molar-refractivity contribution in [1.82, 2.24) is 5.32 Å². The van der Waals surface area contributed by atoms with Crippen LogP contribution in [0.25, 0.3) is 0 Å². The van der Waals surface area contributed by atoms with E-state index in [1.54, 1.807) is 0 Å². The second-order valence-electron chi connectivity index (χ2n) is 5.91. The third kappa shape index (κ3) is 4.35. The lowest BCUT2D eigenvalue weighted by Crippen LogP contribution is -2.38. The number of benzene rings is 1. The summed E-state index contributed by atoms with van der Waals surface area (Å²) in [6.45, 7) is 0.559. The highest BCUT2D eigenvalue weighted by atomic mass is 35.5. The van der Waals surface area contributed by atoms with Gasteiger partial charge in [-0.1, -0.05) is 0 Å². The number of nitrogens with two attached hydrogens (primary N) is 1. The molecule has 5 heteroatoms. The lowest BCUT2D eigenvalue weighted by molar-refractivity contribution is 0.0950. The highest BCUT2D eigenvalue weighted by Gasteiger charge is 2.28. The van der Waals surface area contributed by atoms with E-state index in [2.05, 4.69) is 5.32 Å². The minimum Gasteiger partial charge on any atom is -0.490 e. The molecule has 1 atom stereocenters. The summed E-state index contributed by atoms with van der Waals surface area (Å²) >= 11 is 0. The summed E-state index contributed by atoms with van der Waals surface area (Å²) < 4.78 is 5.77. The van der Waals surface area contributed by atoms with E-state index in [4.69, 9.17) is 10.5 Å². The third-order valence-electron chi connectivity index (χ3n) is 4.20. The zero-order chi connectivity index (χ0) is 13.9. The van der Waals surface area contributed by atoms with Crippen LogP contribution in [0.1, 0.15) is 42.5 Å². The van der Waals surface area contributed by atoms with Crippen molar-refractivity contribution >= 4 is 18.3 Å². The van der Waals surface area contributed by atoms with E-state index in [-0.39, 0.29) is 24.4 Å². The Bertz CT molecular complexity index is 470. The summed E-state index contributed by atoms with van der Waals surface area (Å²) in [6, 6.07) is 7.46. The lowest BCUT2D eigenvalue weighted by atomic mass is 9.96. The van der Waals surface area contributed by atoms with Crippen LogP contribution in [-0.4, -0.2) is 24.6 Å². The van der Waals surface area contributed by atoms with Crippen LogP contribution in [0.3, 0.4) is 0 Å². The average molecular weight is 311 g/mol. The lowest BCUT2D eigenvalue weighted by Gasteiger charge is -2.26. The molecule has 4 nitrogen and oxygen atoms in total. The maximum atomic E-state index is 12.0. The molecule has 1 amide bonds. The first-order chi connectivity index (χ1) is 9.72. The summed E-state index contributed by atoms with van der Waals surface area (Å²) in [5.74, 6) is 1.39. The Morgan fingerprint density at radius 1 is 1.24 bits per heavy atom. The van der Waals surface area contributed by atoms with Gasteiger partial charge < -0.3 is 15.8 Å². The summed E-state index contributed by atoms with van der Waals surface area (Å²) in [5.41, 5.74) is 6.63. The molecule has 21 heavy (non-hydrogen) atoms. The van der Waals surface area contributed by atoms with Crippen molar-refractivity contribution in [2.45, 2.75) is 44.2 Å². The number of hydrogen-bond acceptors (Lipinski definition) is 3. The van der Waals surface area contributed by atoms with Crippen LogP contribution in [0.15, 0.2) is 24.3 Å². The molecule has 1 aromatic carbocycles. The van der Waals surface area contributed by atoms with Crippen molar-refractivity contribution in [1.29, 1.82) is 0 Å². The number of hydrogen-bond donors (Lipinski definition) is 2. The quantitative estimate of drug-likeness (QED) is 0.848. The molecule has 3 rings (SSSR count). The predicted molar refractivity (Wildman–Crippen MR) is 85.0 cm³/mol. The van der Waals surface area contributed by atoms with Gasteiger partial charge in [0, 0.05) is 18.2 Å². The van der Waals surface area contributed by atoms with Gasteiger partial charge >= 0.3 is 0 Å². The fraction of sp³-hybridized carbons (Fsp3) is 0.562. The van der Waals surface area contributed by atoms with Gasteiger partial charge in [0.2, 0.25) is 0 Å². The Morgan fingerprint density at radius 3 is 2.43 bits per heavy atom. The molecule has 0 spiro atoms. The van der Waals surface area contributed by atoms with Gasteiger partial charge in [-0.05, 0) is 62.3 Å². The molecule has 116 valence electrons. The van der Waals surface area contributed by atoms with Gasteiger partial charge in [-0.2, -0.15) is 0 Å². The van der Waals surface area contributed by atoms with E-state index >= 15 is 0 Å². The zero-order valence-corrected chi connectivity index (χ0v) is 12.9. The van der Waals surface area contributed by atoms with E-state index in [0.717, 1.165) is 18.6 Å². The van der Waals surface area contributed by atoms with Crippen LogP contribution < -0.4 is 15.8 Å². The maximum absolute atomic E-state index is 12.0. The van der Waals surface area contributed by atoms with Crippen LogP contribution >= 0.6 is 12.4 Å². The normalized spacial score (nSPS) is 19.1. The highest BCUT2D eigenvalue weighted by Crippen LogP contribution is 2.31. The van der Waals surface area contributed by atoms with Crippen LogP contribution in [-0.2, 0) is 0 Å². The van der Waals surface area contributed by atoms with E-state index in [9.17, 15) is 4.79 Å². The first kappa shape index (κ1) is 16.1. The smallest absolute Gasteiger partial charge is 0.251 e. The molecule has 2 fully saturated rings. The van der Waals surface area contributed by atoms with Crippen molar-refractivity contribution in [3.8, 4) is 5.75 Å². The summed E-state index contributed by atoms with van der Waals surface area (Å²) in [6.07, 6.45) is 6.30. The second kappa shape index (κ2) is 7.14. The van der Waals surface area contributed by atoms with Gasteiger partial charge in [0.05, 0.1) is 6.10 Å². The molecular weight excluding hydrogens is 288 g/mol. The Balaban J connectivity index is 0.00000161. The van der Waals surface area contributed by atoms with Crippen LogP contribution in [0.5, 0.6) is 5.75 Å². The fourth-order valence-corrected chi connectivity index (χ4v) is 2.37. The number of nitrogens with one attached hydrogen (secondary N) is 1. The molecule has 0 aliphatic heterocycles. The number of halogens is 1. The monoisotopic (exact) mass is 310 g/mol. The van der Waals surface area contributed by atoms with Crippen LogP contribution in [0.2, 0.25) is 0 Å². The highest BCUT2D eigenvalue weighted by molar-refractivity contribution is 5.94. The van der Waals surface area contributed by atoms with Crippen molar-refractivity contribution in [3.63, 3.8) is 0 Å². The van der Waals surface area contributed by atoms with Gasteiger partial charge in [0.1, 0.15) is 5.75 Å². The van der Waals surface area contributed by atoms with Gasteiger partial charge in [0.25, 0.3) is 5.91 Å². The average Bonchev–Trinajstić information content (AvgIpc) is 3.25. The number of carbonyl (C=O) groups excluding carboxylic acids is 1. The molecule has 2 saturated carbocycles. The van der Waals surface area contributed by atoms with Crippen molar-refractivity contribution in [3.05, 3.63) is 29.8 Å². The number of ether oxygens (including phenoxy) is 1. The van der Waals surface area contributed by atoms with Crippen LogP contribution in [0, 0.1) is 5.92 Å². The van der Waals surface area contributed by atoms with Crippen molar-refractivity contribution < 1.29 is 9.53 Å². The predicted octanol–water partition coefficient (Wildman–Crippen LogP) is 2.51. The SMILES string of the molecule is Cl.NC(CNC(=O)c1ccc(OC2CCC2)cc1)C1CC1. The molecule has 2 aliphatic rings. The van der Waals surface area contributed by atoms with Crippen molar-refractivity contribution in [2.75, 3.05) is 6.54 Å². The second-order valence-corrected chi connectivity index (χ2v) is 5.91. The zero-order valence-electron chi connectivity index (χ0n) is 12.1. The van der Waals surface area contributed by atoms with E-state index in [1.807, 2.05) is 24.3 Å². The maximum Gasteiger partial charge on any atom is 0.251 e. The molecule has 0 bridgehead atoms. The van der Waals surface area contributed by atoms with Gasteiger partial charge in [-0.15, -0.1) is 12.4 Å². The van der Waals surface area contributed by atoms with E-state index in [1.165, 1.54) is 19.3 Å². The first-order valence-corrected chi connectivity index (χ1v) is 7.53. The van der Waals surface area contributed by atoms with Gasteiger partial charge in [0.15, 0.2) is 0 Å². The molecule has 2 aliphatic carbocycles. The molecule has 0 heterocycles. The third-order valence-corrected chi connectivity index (χ3v) is 4.20. The molecule has 1 aromatic rings. The Labute approximate surface area is 131 Å². The minimum atomic E-state index is -0.0590. The topological polar surface area (TPSA) is 64.3 Å². The number of amides is 1.